The van der Waals surface area contributed by atoms with Crippen LogP contribution in [0.2, 0.25) is 5.02 Å². The molecule has 6 heteroatoms. The molecule has 2 saturated heterocycles. The molecular weight excluding hydrogens is 328 g/mol. The second kappa shape index (κ2) is 7.99. The van der Waals surface area contributed by atoms with E-state index in [1.165, 1.54) is 0 Å². The molecule has 2 aliphatic rings. The van der Waals surface area contributed by atoms with E-state index in [-0.39, 0.29) is 23.8 Å². The van der Waals surface area contributed by atoms with Gasteiger partial charge >= 0.3 is 0 Å². The van der Waals surface area contributed by atoms with Crippen LogP contribution in [0.4, 0.5) is 0 Å². The molecule has 1 aromatic carbocycles. The Kier molecular flexibility index (Phi) is 5.74. The van der Waals surface area contributed by atoms with Crippen LogP contribution < -0.4 is 5.32 Å². The monoisotopic (exact) mass is 350 g/mol. The van der Waals surface area contributed by atoms with Crippen molar-refractivity contribution in [1.29, 1.82) is 0 Å². The van der Waals surface area contributed by atoms with Crippen LogP contribution in [0.1, 0.15) is 24.8 Å². The predicted molar refractivity (Wildman–Crippen MR) is 91.8 cm³/mol. The van der Waals surface area contributed by atoms with Crippen LogP contribution in [-0.4, -0.2) is 49.1 Å². The number of nitrogens with one attached hydrogen (secondary N) is 1. The summed E-state index contributed by atoms with van der Waals surface area (Å²) in [5, 5.41) is 3.75. The molecule has 0 bridgehead atoms. The maximum absolute atomic E-state index is 12.3. The van der Waals surface area contributed by atoms with Crippen molar-refractivity contribution in [2.24, 2.45) is 5.92 Å². The molecule has 5 nitrogen and oxygen atoms in total. The fourth-order valence-corrected chi connectivity index (χ4v) is 3.53. The first-order valence-electron chi connectivity index (χ1n) is 8.52. The molecule has 2 heterocycles. The third-order valence-electron chi connectivity index (χ3n) is 4.71. The Hall–Kier alpha value is -1.59. The van der Waals surface area contributed by atoms with E-state index in [1.807, 2.05) is 29.2 Å². The number of carbonyl (C=O) groups excluding carboxylic acids is 2. The van der Waals surface area contributed by atoms with E-state index in [9.17, 15) is 9.59 Å². The third kappa shape index (κ3) is 4.48. The van der Waals surface area contributed by atoms with Crippen molar-refractivity contribution in [3.63, 3.8) is 0 Å². The summed E-state index contributed by atoms with van der Waals surface area (Å²) in [5.41, 5.74) is 1.12. The van der Waals surface area contributed by atoms with Crippen molar-refractivity contribution >= 4 is 23.4 Å². The summed E-state index contributed by atoms with van der Waals surface area (Å²) in [6.07, 6.45) is 2.70. The van der Waals surface area contributed by atoms with Gasteiger partial charge in [0, 0.05) is 43.7 Å². The summed E-state index contributed by atoms with van der Waals surface area (Å²) in [5.74, 6) is 0.191. The Labute approximate surface area is 147 Å². The molecular formula is C18H23ClN2O3. The van der Waals surface area contributed by atoms with Gasteiger partial charge in [-0.3, -0.25) is 9.59 Å². The quantitative estimate of drug-likeness (QED) is 0.884. The summed E-state index contributed by atoms with van der Waals surface area (Å²) < 4.78 is 5.28. The average molecular weight is 351 g/mol. The lowest BCUT2D eigenvalue weighted by Crippen LogP contribution is -2.42. The van der Waals surface area contributed by atoms with Crippen LogP contribution in [0.15, 0.2) is 24.3 Å². The Morgan fingerprint density at radius 3 is 2.88 bits per heavy atom. The summed E-state index contributed by atoms with van der Waals surface area (Å²) in [6.45, 7) is 2.54. The number of carbonyl (C=O) groups is 2. The van der Waals surface area contributed by atoms with E-state index in [0.29, 0.717) is 37.7 Å². The van der Waals surface area contributed by atoms with Crippen LogP contribution in [-0.2, 0) is 20.7 Å². The summed E-state index contributed by atoms with van der Waals surface area (Å²) in [6, 6.07) is 7.62. The Bertz CT molecular complexity index is 602. The van der Waals surface area contributed by atoms with Crippen LogP contribution in [0.3, 0.4) is 0 Å². The van der Waals surface area contributed by atoms with Gasteiger partial charge in [0.25, 0.3) is 0 Å². The fraction of sp³-hybridized carbons (Fsp3) is 0.556. The molecule has 1 atom stereocenters. The molecule has 2 aliphatic heterocycles. The number of ether oxygens (including phenoxy) is 1. The topological polar surface area (TPSA) is 58.6 Å². The molecule has 0 aromatic heterocycles. The molecule has 0 unspecified atom stereocenters. The number of halogens is 1. The first-order valence-corrected chi connectivity index (χ1v) is 8.90. The molecule has 2 amide bonds. The van der Waals surface area contributed by atoms with E-state index in [0.717, 1.165) is 24.8 Å². The molecule has 0 spiro atoms. The molecule has 130 valence electrons. The van der Waals surface area contributed by atoms with Crippen LogP contribution in [0.25, 0.3) is 0 Å². The van der Waals surface area contributed by atoms with Crippen LogP contribution in [0.5, 0.6) is 0 Å². The molecule has 1 aromatic rings. The van der Waals surface area contributed by atoms with Crippen LogP contribution >= 0.6 is 11.6 Å². The van der Waals surface area contributed by atoms with Gasteiger partial charge in [0.15, 0.2) is 0 Å². The standard InChI is InChI=1S/C18H23ClN2O3/c19-15-3-1-2-13(10-15)4-7-21-12-16(11-17(21)22)20-18(23)14-5-8-24-9-6-14/h1-3,10,14,16H,4-9,11-12H2,(H,20,23)/t16-/m1/s1. The number of amides is 2. The summed E-state index contributed by atoms with van der Waals surface area (Å²) in [4.78, 5) is 26.3. The molecule has 0 radical (unpaired) electrons. The number of likely N-dealkylation sites (tertiary alicyclic amines) is 1. The van der Waals surface area contributed by atoms with E-state index >= 15 is 0 Å². The smallest absolute Gasteiger partial charge is 0.224 e. The average Bonchev–Trinajstić information content (AvgIpc) is 2.93. The van der Waals surface area contributed by atoms with Gasteiger partial charge in [-0.1, -0.05) is 23.7 Å². The van der Waals surface area contributed by atoms with Crippen LogP contribution in [0, 0.1) is 5.92 Å². The van der Waals surface area contributed by atoms with Gasteiger partial charge in [-0.15, -0.1) is 0 Å². The first kappa shape index (κ1) is 17.2. The minimum absolute atomic E-state index is 0.0226. The van der Waals surface area contributed by atoms with E-state index in [4.69, 9.17) is 16.3 Å². The van der Waals surface area contributed by atoms with E-state index in [1.54, 1.807) is 0 Å². The minimum atomic E-state index is -0.0767. The Balaban J connectivity index is 1.47. The van der Waals surface area contributed by atoms with Gasteiger partial charge in [0.05, 0.1) is 6.04 Å². The zero-order valence-electron chi connectivity index (χ0n) is 13.7. The number of nitrogens with zero attached hydrogens (tertiary/aromatic N) is 1. The Morgan fingerprint density at radius 1 is 1.33 bits per heavy atom. The summed E-state index contributed by atoms with van der Waals surface area (Å²) >= 11 is 5.99. The van der Waals surface area contributed by atoms with Crippen molar-refractivity contribution in [3.8, 4) is 0 Å². The Morgan fingerprint density at radius 2 is 2.12 bits per heavy atom. The molecule has 24 heavy (non-hydrogen) atoms. The van der Waals surface area contributed by atoms with Gasteiger partial charge in [-0.05, 0) is 37.0 Å². The number of hydrogen-bond acceptors (Lipinski definition) is 3. The molecule has 0 aliphatic carbocycles. The second-order valence-electron chi connectivity index (χ2n) is 6.52. The van der Waals surface area contributed by atoms with Crippen molar-refractivity contribution in [2.75, 3.05) is 26.3 Å². The number of benzene rings is 1. The lowest BCUT2D eigenvalue weighted by Gasteiger charge is -2.23. The molecule has 2 fully saturated rings. The lowest BCUT2D eigenvalue weighted by molar-refractivity contribution is -0.128. The maximum Gasteiger partial charge on any atom is 0.224 e. The minimum Gasteiger partial charge on any atom is -0.381 e. The molecule has 3 rings (SSSR count). The highest BCUT2D eigenvalue weighted by atomic mass is 35.5. The fourth-order valence-electron chi connectivity index (χ4n) is 3.32. The molecule has 0 saturated carbocycles. The molecule has 1 N–H and O–H groups in total. The van der Waals surface area contributed by atoms with Gasteiger partial charge < -0.3 is 15.0 Å². The van der Waals surface area contributed by atoms with Crippen molar-refractivity contribution in [2.45, 2.75) is 31.7 Å². The largest absolute Gasteiger partial charge is 0.381 e. The zero-order valence-corrected chi connectivity index (χ0v) is 14.4. The van der Waals surface area contributed by atoms with Gasteiger partial charge in [0.1, 0.15) is 0 Å². The van der Waals surface area contributed by atoms with Gasteiger partial charge in [-0.2, -0.15) is 0 Å². The highest BCUT2D eigenvalue weighted by molar-refractivity contribution is 6.30. The van der Waals surface area contributed by atoms with E-state index in [2.05, 4.69) is 5.32 Å². The number of hydrogen-bond donors (Lipinski definition) is 1. The van der Waals surface area contributed by atoms with E-state index < -0.39 is 0 Å². The van der Waals surface area contributed by atoms with Gasteiger partial charge in [0.2, 0.25) is 11.8 Å². The van der Waals surface area contributed by atoms with Crippen molar-refractivity contribution < 1.29 is 14.3 Å². The van der Waals surface area contributed by atoms with Crippen molar-refractivity contribution in [1.82, 2.24) is 10.2 Å². The SMILES string of the molecule is O=C(N[C@@H]1CC(=O)N(CCc2cccc(Cl)c2)C1)C1CCOCC1. The third-order valence-corrected chi connectivity index (χ3v) is 4.95. The number of rotatable bonds is 5. The second-order valence-corrected chi connectivity index (χ2v) is 6.95. The van der Waals surface area contributed by atoms with Gasteiger partial charge in [-0.25, -0.2) is 0 Å². The normalized spacial score (nSPS) is 22.0. The van der Waals surface area contributed by atoms with Crippen molar-refractivity contribution in [3.05, 3.63) is 34.9 Å². The summed E-state index contributed by atoms with van der Waals surface area (Å²) in [7, 11) is 0. The zero-order chi connectivity index (χ0) is 16.9. The maximum atomic E-state index is 12.3. The predicted octanol–water partition coefficient (Wildman–Crippen LogP) is 2.03. The highest BCUT2D eigenvalue weighted by Crippen LogP contribution is 2.18. The lowest BCUT2D eigenvalue weighted by atomic mass is 9.99. The highest BCUT2D eigenvalue weighted by Gasteiger charge is 2.32. The first-order chi connectivity index (χ1) is 11.6.